The molecule has 5 bridgehead atoms. The molecule has 7 atom stereocenters. The number of aliphatic hydroxyl groups excluding tert-OH is 1. The number of rotatable bonds is 9. The Balaban J connectivity index is 1.41. The summed E-state index contributed by atoms with van der Waals surface area (Å²) in [6, 6.07) is 7.61. The van der Waals surface area contributed by atoms with Crippen LogP contribution >= 0.6 is 0 Å². The smallest absolute Gasteiger partial charge is 0.313 e. The van der Waals surface area contributed by atoms with Crippen LogP contribution in [-0.4, -0.2) is 102 Å². The van der Waals surface area contributed by atoms with Crippen LogP contribution in [0.2, 0.25) is 0 Å². The van der Waals surface area contributed by atoms with Gasteiger partial charge in [-0.05, 0) is 44.1 Å². The van der Waals surface area contributed by atoms with Crippen molar-refractivity contribution in [1.82, 2.24) is 15.1 Å². The Bertz CT molecular complexity index is 1380. The van der Waals surface area contributed by atoms with E-state index in [0.29, 0.717) is 44.3 Å². The fraction of sp³-hybridized carbons (Fsp3) is 0.622. The van der Waals surface area contributed by atoms with Gasteiger partial charge >= 0.3 is 5.97 Å². The largest absolute Gasteiger partial charge is 0.455 e. The average molecular weight is 664 g/mol. The Morgan fingerprint density at radius 2 is 1.79 bits per heavy atom. The molecule has 3 fully saturated rings. The lowest BCUT2D eigenvalue weighted by atomic mass is 9.74. The van der Waals surface area contributed by atoms with E-state index in [9.17, 15) is 24.3 Å². The maximum Gasteiger partial charge on any atom is 0.313 e. The topological polar surface area (TPSA) is 135 Å². The Morgan fingerprint density at radius 1 is 1.00 bits per heavy atom. The molecule has 1 spiro atoms. The standard InChI is InChI=1S/C37H49N3O8/c1-46-24-27-32(25-14-6-2-7-15-25)47-36(45)30-28-19-20-37(48-28)31(30)34(43)40(22-12-5-13-23-41)33(37)35(44)39(26-16-8-3-9-17-26)21-11-4-10-18-29(42)38-27/h2,4,6-7,11,14-15,19-20,26-28,30-33,41H,3,5,8-10,12-13,16-18,21-24H2,1H3,(H,38,42)/b11-4-/t27-,28+,30-,31-,32-,33+,37-/m0/s1. The molecule has 6 rings (SSSR count). The minimum absolute atomic E-state index is 0.0212. The second-order valence-corrected chi connectivity index (χ2v) is 13.7. The molecule has 5 aliphatic rings. The van der Waals surface area contributed by atoms with Gasteiger partial charge in [0, 0.05) is 39.3 Å². The summed E-state index contributed by atoms with van der Waals surface area (Å²) in [6.07, 6.45) is 13.4. The van der Waals surface area contributed by atoms with Crippen LogP contribution in [0.3, 0.4) is 0 Å². The number of nitrogens with zero attached hydrogens (tertiary/aromatic N) is 2. The predicted octanol–water partition coefficient (Wildman–Crippen LogP) is 3.23. The second-order valence-electron chi connectivity index (χ2n) is 13.7. The summed E-state index contributed by atoms with van der Waals surface area (Å²) in [7, 11) is 1.53. The zero-order valence-electron chi connectivity index (χ0n) is 27.8. The van der Waals surface area contributed by atoms with Crippen molar-refractivity contribution in [2.45, 2.75) is 100 Å². The molecule has 0 unspecified atom stereocenters. The van der Waals surface area contributed by atoms with Crippen molar-refractivity contribution in [2.24, 2.45) is 11.8 Å². The number of cyclic esters (lactones) is 1. The Labute approximate surface area is 282 Å². The summed E-state index contributed by atoms with van der Waals surface area (Å²) in [5.74, 6) is -3.18. The van der Waals surface area contributed by atoms with Gasteiger partial charge in [-0.2, -0.15) is 0 Å². The molecule has 1 aromatic carbocycles. The summed E-state index contributed by atoms with van der Waals surface area (Å²) in [5, 5.41) is 12.4. The van der Waals surface area contributed by atoms with E-state index >= 15 is 0 Å². The van der Waals surface area contributed by atoms with Crippen LogP contribution in [-0.2, 0) is 33.4 Å². The number of nitrogens with one attached hydrogen (secondary N) is 1. The van der Waals surface area contributed by atoms with Crippen molar-refractivity contribution in [3.05, 3.63) is 60.2 Å². The third-order valence-corrected chi connectivity index (χ3v) is 10.7. The minimum Gasteiger partial charge on any atom is -0.455 e. The number of fused-ring (bicyclic) bond motifs is 2. The van der Waals surface area contributed by atoms with E-state index in [1.165, 1.54) is 7.11 Å². The van der Waals surface area contributed by atoms with Gasteiger partial charge in [-0.1, -0.05) is 73.9 Å². The number of ether oxygens (including phenoxy) is 3. The zero-order valence-corrected chi connectivity index (χ0v) is 27.8. The van der Waals surface area contributed by atoms with Crippen molar-refractivity contribution in [1.29, 1.82) is 0 Å². The number of hydrogen-bond donors (Lipinski definition) is 2. The monoisotopic (exact) mass is 663 g/mol. The second kappa shape index (κ2) is 15.3. The van der Waals surface area contributed by atoms with Gasteiger partial charge in [0.1, 0.15) is 23.7 Å². The molecule has 2 saturated heterocycles. The van der Waals surface area contributed by atoms with Gasteiger partial charge in [-0.3, -0.25) is 19.2 Å². The van der Waals surface area contributed by atoms with Gasteiger partial charge in [0.05, 0.1) is 24.7 Å². The quantitative estimate of drug-likeness (QED) is 0.234. The molecule has 4 heterocycles. The average Bonchev–Trinajstić information content (AvgIpc) is 3.74. The van der Waals surface area contributed by atoms with Crippen molar-refractivity contribution in [2.75, 3.05) is 33.4 Å². The first-order chi connectivity index (χ1) is 23.4. The number of benzene rings is 1. The van der Waals surface area contributed by atoms with Gasteiger partial charge in [-0.15, -0.1) is 0 Å². The number of methoxy groups -OCH3 is 1. The molecule has 0 aromatic heterocycles. The molecular weight excluding hydrogens is 614 g/mol. The van der Waals surface area contributed by atoms with Gasteiger partial charge in [0.2, 0.25) is 17.7 Å². The fourth-order valence-electron chi connectivity index (χ4n) is 8.41. The van der Waals surface area contributed by atoms with E-state index in [0.717, 1.165) is 32.1 Å². The van der Waals surface area contributed by atoms with E-state index in [1.54, 1.807) is 11.0 Å². The van der Waals surface area contributed by atoms with Crippen LogP contribution in [0.25, 0.3) is 0 Å². The van der Waals surface area contributed by atoms with Gasteiger partial charge in [0.15, 0.2) is 0 Å². The molecule has 11 nitrogen and oxygen atoms in total. The van der Waals surface area contributed by atoms with E-state index in [4.69, 9.17) is 14.2 Å². The highest BCUT2D eigenvalue weighted by atomic mass is 16.6. The van der Waals surface area contributed by atoms with Gasteiger partial charge in [-0.25, -0.2) is 0 Å². The molecule has 3 amide bonds. The first kappa shape index (κ1) is 34.3. The number of amides is 3. The lowest BCUT2D eigenvalue weighted by molar-refractivity contribution is -0.162. The van der Waals surface area contributed by atoms with E-state index in [-0.39, 0.29) is 43.4 Å². The first-order valence-corrected chi connectivity index (χ1v) is 17.7. The van der Waals surface area contributed by atoms with Crippen LogP contribution in [0.1, 0.15) is 75.9 Å². The van der Waals surface area contributed by atoms with Crippen molar-refractivity contribution >= 4 is 23.7 Å². The molecule has 0 radical (unpaired) electrons. The van der Waals surface area contributed by atoms with E-state index < -0.39 is 47.7 Å². The molecule has 4 aliphatic heterocycles. The van der Waals surface area contributed by atoms with E-state index in [2.05, 4.69) is 5.32 Å². The van der Waals surface area contributed by atoms with Gasteiger partial charge < -0.3 is 34.4 Å². The molecule has 48 heavy (non-hydrogen) atoms. The van der Waals surface area contributed by atoms with Crippen molar-refractivity contribution in [3.8, 4) is 0 Å². The van der Waals surface area contributed by atoms with Crippen LogP contribution < -0.4 is 5.32 Å². The Hall–Kier alpha value is -3.54. The molecule has 1 aliphatic carbocycles. The summed E-state index contributed by atoms with van der Waals surface area (Å²) in [4.78, 5) is 60.5. The fourth-order valence-corrected chi connectivity index (χ4v) is 8.41. The minimum atomic E-state index is -1.30. The molecule has 1 saturated carbocycles. The number of carbonyl (C=O) groups excluding carboxylic acids is 4. The lowest BCUT2D eigenvalue weighted by Crippen LogP contribution is -2.58. The summed E-state index contributed by atoms with van der Waals surface area (Å²) in [6.45, 7) is 0.828. The molecular formula is C37H49N3O8. The third-order valence-electron chi connectivity index (χ3n) is 10.7. The molecule has 2 N–H and O–H groups in total. The Kier molecular flexibility index (Phi) is 11.0. The number of carbonyl (C=O) groups is 4. The molecule has 11 heteroatoms. The molecule has 1 aromatic rings. The number of esters is 1. The summed E-state index contributed by atoms with van der Waals surface area (Å²) < 4.78 is 18.4. The van der Waals surface area contributed by atoms with Crippen LogP contribution in [0.15, 0.2) is 54.6 Å². The van der Waals surface area contributed by atoms with Crippen LogP contribution in [0.5, 0.6) is 0 Å². The highest BCUT2D eigenvalue weighted by Crippen LogP contribution is 2.56. The number of aliphatic hydroxyl groups is 1. The van der Waals surface area contributed by atoms with Crippen molar-refractivity contribution < 1.29 is 38.5 Å². The number of likely N-dealkylation sites (tertiary alicyclic amines) is 1. The number of unbranched alkanes of at least 4 members (excludes halogenated alkanes) is 2. The summed E-state index contributed by atoms with van der Waals surface area (Å²) in [5.41, 5.74) is -0.619. The predicted molar refractivity (Wildman–Crippen MR) is 176 cm³/mol. The molecule has 260 valence electrons. The normalized spacial score (nSPS) is 33.5. The number of allylic oxidation sites excluding steroid dienone is 1. The lowest BCUT2D eigenvalue weighted by Gasteiger charge is -2.40. The zero-order chi connectivity index (χ0) is 33.7. The maximum absolute atomic E-state index is 14.9. The van der Waals surface area contributed by atoms with Gasteiger partial charge in [0.25, 0.3) is 0 Å². The SMILES string of the molecule is COC[C@@H]1NC(=O)CC/C=C\CN(C2CCCCC2)C(=O)[C@H]2N(CCCCCO)C(=O)[C@@H]3[C@@H](C(=O)O[C@H]1c1ccccc1)[C@H]1C=C[C@]32O1. The highest BCUT2D eigenvalue weighted by molar-refractivity contribution is 5.99. The Morgan fingerprint density at radius 3 is 2.54 bits per heavy atom. The first-order valence-electron chi connectivity index (χ1n) is 17.7. The highest BCUT2D eigenvalue weighted by Gasteiger charge is 2.73. The summed E-state index contributed by atoms with van der Waals surface area (Å²) >= 11 is 0. The van der Waals surface area contributed by atoms with E-state index in [1.807, 2.05) is 53.5 Å². The van der Waals surface area contributed by atoms with Crippen molar-refractivity contribution in [3.63, 3.8) is 0 Å². The third kappa shape index (κ3) is 6.69. The maximum atomic E-state index is 14.9. The van der Waals surface area contributed by atoms with Crippen LogP contribution in [0, 0.1) is 11.8 Å². The van der Waals surface area contributed by atoms with Crippen LogP contribution in [0.4, 0.5) is 0 Å². The number of hydrogen-bond acceptors (Lipinski definition) is 8.